The van der Waals surface area contributed by atoms with Crippen molar-refractivity contribution >= 4 is 11.3 Å². The van der Waals surface area contributed by atoms with Crippen LogP contribution in [0.2, 0.25) is 0 Å². The summed E-state index contributed by atoms with van der Waals surface area (Å²) in [7, 11) is 0. The Morgan fingerprint density at radius 2 is 2.31 bits per heavy atom. The summed E-state index contributed by atoms with van der Waals surface area (Å²) in [4.78, 5) is 14.0. The molecule has 5 heteroatoms. The maximum absolute atomic E-state index is 11.0. The molecule has 2 heterocycles. The number of nitrogens with one attached hydrogen (secondary N) is 1. The molecule has 0 saturated carbocycles. The van der Waals surface area contributed by atoms with Crippen molar-refractivity contribution in [2.75, 3.05) is 0 Å². The minimum absolute atomic E-state index is 0.0263. The van der Waals surface area contributed by atoms with Gasteiger partial charge < -0.3 is 4.98 Å². The van der Waals surface area contributed by atoms with E-state index >= 15 is 0 Å². The van der Waals surface area contributed by atoms with E-state index in [2.05, 4.69) is 15.2 Å². The van der Waals surface area contributed by atoms with E-state index in [4.69, 9.17) is 0 Å². The molecule has 2 aromatic rings. The molecule has 2 aromatic heterocycles. The lowest BCUT2D eigenvalue weighted by atomic mass is 10.3. The Morgan fingerprint density at radius 3 is 2.92 bits per heavy atom. The first kappa shape index (κ1) is 8.12. The largest absolute Gasteiger partial charge is 0.359 e. The average Bonchev–Trinajstić information content (AvgIpc) is 2.52. The van der Waals surface area contributed by atoms with Crippen molar-refractivity contribution in [3.05, 3.63) is 33.6 Å². The highest BCUT2D eigenvalue weighted by Gasteiger charge is 2.03. The van der Waals surface area contributed by atoms with Gasteiger partial charge in [-0.1, -0.05) is 11.3 Å². The van der Waals surface area contributed by atoms with E-state index in [1.807, 2.05) is 6.92 Å². The number of hydrogen-bond donors (Lipinski definition) is 1. The summed E-state index contributed by atoms with van der Waals surface area (Å²) < 4.78 is 0. The van der Waals surface area contributed by atoms with Crippen LogP contribution >= 0.6 is 11.3 Å². The van der Waals surface area contributed by atoms with Crippen molar-refractivity contribution in [2.24, 2.45) is 0 Å². The van der Waals surface area contributed by atoms with E-state index in [9.17, 15) is 4.79 Å². The number of H-pyrrole nitrogens is 1. The lowest BCUT2D eigenvalue weighted by Gasteiger charge is -1.91. The molecule has 0 bridgehead atoms. The molecule has 0 saturated heterocycles. The van der Waals surface area contributed by atoms with E-state index in [0.717, 1.165) is 15.7 Å². The number of aryl methyl sites for hydroxylation is 1. The average molecular weight is 193 g/mol. The lowest BCUT2D eigenvalue weighted by Crippen LogP contribution is -1.97. The molecule has 0 atom stereocenters. The summed E-state index contributed by atoms with van der Waals surface area (Å²) in [5.41, 5.74) is 0.694. The Morgan fingerprint density at radius 1 is 1.46 bits per heavy atom. The Labute approximate surface area is 78.3 Å². The van der Waals surface area contributed by atoms with Gasteiger partial charge in [0.2, 0.25) is 0 Å². The highest BCUT2D eigenvalue weighted by molar-refractivity contribution is 7.14. The van der Waals surface area contributed by atoms with Gasteiger partial charge in [-0.2, -0.15) is 0 Å². The molecule has 0 radical (unpaired) electrons. The van der Waals surface area contributed by atoms with Crippen LogP contribution in [0.4, 0.5) is 0 Å². The first-order chi connectivity index (χ1) is 6.25. The fourth-order valence-electron chi connectivity index (χ4n) is 0.974. The summed E-state index contributed by atoms with van der Waals surface area (Å²) in [5.74, 6) is 0. The highest BCUT2D eigenvalue weighted by Crippen LogP contribution is 2.18. The third kappa shape index (κ3) is 1.65. The number of pyridine rings is 1. The number of rotatable bonds is 1. The molecule has 2 rings (SSSR count). The SMILES string of the molecule is Cc1nnc(-c2cc(=O)cc[nH]2)s1. The van der Waals surface area contributed by atoms with Crippen LogP contribution < -0.4 is 5.43 Å². The summed E-state index contributed by atoms with van der Waals surface area (Å²) >= 11 is 1.46. The Balaban J connectivity index is 2.52. The van der Waals surface area contributed by atoms with Crippen LogP contribution in [-0.2, 0) is 0 Å². The van der Waals surface area contributed by atoms with E-state index in [0.29, 0.717) is 0 Å². The second-order valence-electron chi connectivity index (χ2n) is 2.56. The fourth-order valence-corrected chi connectivity index (χ4v) is 1.65. The zero-order valence-electron chi connectivity index (χ0n) is 6.94. The van der Waals surface area contributed by atoms with Gasteiger partial charge in [0.05, 0.1) is 5.69 Å². The maximum Gasteiger partial charge on any atom is 0.182 e. The van der Waals surface area contributed by atoms with Gasteiger partial charge in [0.25, 0.3) is 0 Å². The van der Waals surface area contributed by atoms with Gasteiger partial charge >= 0.3 is 0 Å². The molecule has 0 amide bonds. The van der Waals surface area contributed by atoms with Crippen LogP contribution in [-0.4, -0.2) is 15.2 Å². The first-order valence-corrected chi connectivity index (χ1v) is 4.56. The summed E-state index contributed by atoms with van der Waals surface area (Å²) in [6.45, 7) is 1.88. The van der Waals surface area contributed by atoms with Gasteiger partial charge in [0.1, 0.15) is 5.01 Å². The molecule has 0 fully saturated rings. The number of aromatic amines is 1. The summed E-state index contributed by atoms with van der Waals surface area (Å²) in [6.07, 6.45) is 1.61. The molecular formula is C8H7N3OS. The monoisotopic (exact) mass is 193 g/mol. The summed E-state index contributed by atoms with van der Waals surface area (Å²) in [6, 6.07) is 2.98. The molecule has 0 aliphatic heterocycles. The third-order valence-electron chi connectivity index (χ3n) is 1.53. The minimum atomic E-state index is -0.0263. The van der Waals surface area contributed by atoms with Crippen LogP contribution in [0.25, 0.3) is 10.7 Å². The normalized spacial score (nSPS) is 10.2. The maximum atomic E-state index is 11.0. The Kier molecular flexibility index (Phi) is 1.94. The van der Waals surface area contributed by atoms with E-state index < -0.39 is 0 Å². The molecule has 0 aliphatic rings. The van der Waals surface area contributed by atoms with Crippen molar-refractivity contribution in [1.82, 2.24) is 15.2 Å². The van der Waals surface area contributed by atoms with Gasteiger partial charge in [-0.3, -0.25) is 4.79 Å². The molecule has 0 aliphatic carbocycles. The molecule has 66 valence electrons. The second kappa shape index (κ2) is 3.10. The Bertz CT molecular complexity index is 474. The number of hydrogen-bond acceptors (Lipinski definition) is 4. The van der Waals surface area contributed by atoms with Crippen LogP contribution in [0.3, 0.4) is 0 Å². The van der Waals surface area contributed by atoms with Crippen molar-refractivity contribution in [3.8, 4) is 10.7 Å². The van der Waals surface area contributed by atoms with Crippen LogP contribution in [0, 0.1) is 6.92 Å². The van der Waals surface area contributed by atoms with Gasteiger partial charge in [0.15, 0.2) is 10.4 Å². The predicted octanol–water partition coefficient (Wildman–Crippen LogP) is 1.20. The van der Waals surface area contributed by atoms with E-state index in [-0.39, 0.29) is 5.43 Å². The van der Waals surface area contributed by atoms with Gasteiger partial charge in [-0.05, 0) is 6.92 Å². The molecular weight excluding hydrogens is 186 g/mol. The smallest absolute Gasteiger partial charge is 0.182 e. The topological polar surface area (TPSA) is 58.6 Å². The van der Waals surface area contributed by atoms with Crippen molar-refractivity contribution in [3.63, 3.8) is 0 Å². The number of nitrogens with zero attached hydrogens (tertiary/aromatic N) is 2. The van der Waals surface area contributed by atoms with Gasteiger partial charge in [0, 0.05) is 18.3 Å². The predicted molar refractivity (Wildman–Crippen MR) is 50.7 cm³/mol. The number of aromatic nitrogens is 3. The zero-order valence-corrected chi connectivity index (χ0v) is 7.76. The van der Waals surface area contributed by atoms with Gasteiger partial charge in [-0.15, -0.1) is 10.2 Å². The second-order valence-corrected chi connectivity index (χ2v) is 3.75. The molecule has 13 heavy (non-hydrogen) atoms. The fraction of sp³-hybridized carbons (Fsp3) is 0.125. The first-order valence-electron chi connectivity index (χ1n) is 3.75. The summed E-state index contributed by atoms with van der Waals surface area (Å²) in [5, 5.41) is 9.43. The molecule has 1 N–H and O–H groups in total. The molecule has 0 unspecified atom stereocenters. The molecule has 0 spiro atoms. The third-order valence-corrected chi connectivity index (χ3v) is 2.40. The Hall–Kier alpha value is -1.49. The minimum Gasteiger partial charge on any atom is -0.359 e. The van der Waals surface area contributed by atoms with Crippen LogP contribution in [0.1, 0.15) is 5.01 Å². The van der Waals surface area contributed by atoms with Crippen molar-refractivity contribution < 1.29 is 0 Å². The molecule has 0 aromatic carbocycles. The zero-order chi connectivity index (χ0) is 9.26. The lowest BCUT2D eigenvalue weighted by molar-refractivity contribution is 1.05. The van der Waals surface area contributed by atoms with Crippen molar-refractivity contribution in [2.45, 2.75) is 6.92 Å². The molecule has 4 nitrogen and oxygen atoms in total. The van der Waals surface area contributed by atoms with Gasteiger partial charge in [-0.25, -0.2) is 0 Å². The standard InChI is InChI=1S/C8H7N3OS/c1-5-10-11-8(13-5)7-4-6(12)2-3-9-7/h2-4H,1H3,(H,9,12). The quantitative estimate of drug-likeness (QED) is 0.740. The van der Waals surface area contributed by atoms with Crippen molar-refractivity contribution in [1.29, 1.82) is 0 Å². The van der Waals surface area contributed by atoms with E-state index in [1.54, 1.807) is 6.20 Å². The highest BCUT2D eigenvalue weighted by atomic mass is 32.1. The van der Waals surface area contributed by atoms with Crippen LogP contribution in [0.5, 0.6) is 0 Å². The van der Waals surface area contributed by atoms with E-state index in [1.165, 1.54) is 23.5 Å². The van der Waals surface area contributed by atoms with Crippen LogP contribution in [0.15, 0.2) is 23.1 Å².